The van der Waals surface area contributed by atoms with E-state index in [4.69, 9.17) is 14.2 Å². The summed E-state index contributed by atoms with van der Waals surface area (Å²) in [5.74, 6) is 1.68. The van der Waals surface area contributed by atoms with E-state index < -0.39 is 5.41 Å². The van der Waals surface area contributed by atoms with E-state index in [-0.39, 0.29) is 5.91 Å². The molecule has 0 saturated carbocycles. The average molecular weight is 414 g/mol. The van der Waals surface area contributed by atoms with Gasteiger partial charge in [-0.25, -0.2) is 0 Å². The summed E-state index contributed by atoms with van der Waals surface area (Å²) in [6.45, 7) is 12.3. The molecule has 0 unspecified atom stereocenters. The highest BCUT2D eigenvalue weighted by Crippen LogP contribution is 2.26. The minimum atomic E-state index is -0.488. The standard InChI is InChI=1S/C25H35NO4/c1-6-28-16-17-29-22-12-10-21(11-13-22)26-24(27)25(4,5)14-7-15-30-23-18-19(2)8-9-20(23)3/h8-13,18H,6-7,14-17H2,1-5H3,(H,26,27). The largest absolute Gasteiger partial charge is 0.493 e. The number of carbonyl (C=O) groups is 1. The quantitative estimate of drug-likeness (QED) is 0.464. The van der Waals surface area contributed by atoms with E-state index in [0.29, 0.717) is 26.4 Å². The highest BCUT2D eigenvalue weighted by atomic mass is 16.5. The van der Waals surface area contributed by atoms with Crippen molar-refractivity contribution in [1.29, 1.82) is 0 Å². The van der Waals surface area contributed by atoms with E-state index >= 15 is 0 Å². The molecule has 0 aliphatic heterocycles. The zero-order chi connectivity index (χ0) is 22.0. The second-order valence-electron chi connectivity index (χ2n) is 8.13. The van der Waals surface area contributed by atoms with E-state index in [1.165, 1.54) is 5.56 Å². The number of amides is 1. The zero-order valence-electron chi connectivity index (χ0n) is 18.9. The van der Waals surface area contributed by atoms with Crippen LogP contribution in [0.15, 0.2) is 42.5 Å². The minimum absolute atomic E-state index is 0.000694. The van der Waals surface area contributed by atoms with E-state index in [1.54, 1.807) is 0 Å². The molecule has 0 spiro atoms. The first-order chi connectivity index (χ1) is 14.3. The van der Waals surface area contributed by atoms with Crippen LogP contribution in [-0.4, -0.2) is 32.3 Å². The van der Waals surface area contributed by atoms with Gasteiger partial charge in [0.2, 0.25) is 5.91 Å². The molecule has 5 nitrogen and oxygen atoms in total. The molecule has 0 bridgehead atoms. The molecule has 1 N–H and O–H groups in total. The molecular formula is C25H35NO4. The van der Waals surface area contributed by atoms with Gasteiger partial charge in [0.1, 0.15) is 18.1 Å². The van der Waals surface area contributed by atoms with Crippen LogP contribution in [0.2, 0.25) is 0 Å². The van der Waals surface area contributed by atoms with Crippen LogP contribution in [0.4, 0.5) is 5.69 Å². The lowest BCUT2D eigenvalue weighted by Crippen LogP contribution is -2.31. The van der Waals surface area contributed by atoms with Crippen LogP contribution >= 0.6 is 0 Å². The smallest absolute Gasteiger partial charge is 0.230 e. The van der Waals surface area contributed by atoms with Crippen LogP contribution < -0.4 is 14.8 Å². The van der Waals surface area contributed by atoms with Crippen LogP contribution in [0.1, 0.15) is 44.7 Å². The van der Waals surface area contributed by atoms with Crippen LogP contribution in [-0.2, 0) is 9.53 Å². The number of aryl methyl sites for hydroxylation is 2. The average Bonchev–Trinajstić information content (AvgIpc) is 2.72. The second-order valence-corrected chi connectivity index (χ2v) is 8.13. The fourth-order valence-corrected chi connectivity index (χ4v) is 2.97. The van der Waals surface area contributed by atoms with E-state index in [1.807, 2.05) is 52.0 Å². The zero-order valence-corrected chi connectivity index (χ0v) is 18.9. The van der Waals surface area contributed by atoms with Gasteiger partial charge in [0.15, 0.2) is 0 Å². The first kappa shape index (κ1) is 23.7. The summed E-state index contributed by atoms with van der Waals surface area (Å²) >= 11 is 0. The number of hydrogen-bond acceptors (Lipinski definition) is 4. The van der Waals surface area contributed by atoms with Gasteiger partial charge in [-0.2, -0.15) is 0 Å². The molecule has 0 radical (unpaired) electrons. The molecule has 0 saturated heterocycles. The van der Waals surface area contributed by atoms with E-state index in [0.717, 1.165) is 35.6 Å². The molecule has 1 amide bonds. The Morgan fingerprint density at radius 1 is 0.967 bits per heavy atom. The monoisotopic (exact) mass is 413 g/mol. The molecule has 0 fully saturated rings. The Morgan fingerprint density at radius 3 is 2.40 bits per heavy atom. The Balaban J connectivity index is 1.77. The molecule has 0 aliphatic carbocycles. The Bertz CT molecular complexity index is 799. The fraction of sp³-hybridized carbons (Fsp3) is 0.480. The van der Waals surface area contributed by atoms with Gasteiger partial charge < -0.3 is 19.5 Å². The molecule has 0 aliphatic rings. The first-order valence-corrected chi connectivity index (χ1v) is 10.6. The number of rotatable bonds is 12. The van der Waals surface area contributed by atoms with E-state index in [2.05, 4.69) is 30.4 Å². The third-order valence-corrected chi connectivity index (χ3v) is 4.97. The summed E-state index contributed by atoms with van der Waals surface area (Å²) in [5, 5.41) is 3.00. The lowest BCUT2D eigenvalue weighted by Gasteiger charge is -2.24. The van der Waals surface area contributed by atoms with Crippen LogP contribution in [0.25, 0.3) is 0 Å². The minimum Gasteiger partial charge on any atom is -0.493 e. The topological polar surface area (TPSA) is 56.8 Å². The van der Waals surface area contributed by atoms with Crippen molar-refractivity contribution in [2.24, 2.45) is 5.41 Å². The van der Waals surface area contributed by atoms with Crippen molar-refractivity contribution in [3.8, 4) is 11.5 Å². The summed E-state index contributed by atoms with van der Waals surface area (Å²) in [6, 6.07) is 13.6. The molecule has 164 valence electrons. The van der Waals surface area contributed by atoms with Crippen molar-refractivity contribution < 1.29 is 19.0 Å². The van der Waals surface area contributed by atoms with Gasteiger partial charge in [0.05, 0.1) is 13.2 Å². The fourth-order valence-electron chi connectivity index (χ4n) is 2.97. The maximum absolute atomic E-state index is 12.7. The second kappa shape index (κ2) is 11.6. The van der Waals surface area contributed by atoms with Crippen molar-refractivity contribution >= 4 is 11.6 Å². The maximum atomic E-state index is 12.7. The lowest BCUT2D eigenvalue weighted by atomic mass is 9.87. The molecule has 2 aromatic rings. The number of carbonyl (C=O) groups excluding carboxylic acids is 1. The third kappa shape index (κ3) is 7.71. The van der Waals surface area contributed by atoms with Crippen molar-refractivity contribution in [2.75, 3.05) is 31.7 Å². The predicted molar refractivity (Wildman–Crippen MR) is 121 cm³/mol. The van der Waals surface area contributed by atoms with Crippen LogP contribution in [0.3, 0.4) is 0 Å². The van der Waals surface area contributed by atoms with Crippen LogP contribution in [0.5, 0.6) is 11.5 Å². The van der Waals surface area contributed by atoms with Gasteiger partial charge in [-0.1, -0.05) is 26.0 Å². The number of nitrogens with one attached hydrogen (secondary N) is 1. The summed E-state index contributed by atoms with van der Waals surface area (Å²) in [4.78, 5) is 12.7. The highest BCUT2D eigenvalue weighted by Gasteiger charge is 2.27. The van der Waals surface area contributed by atoms with Crippen molar-refractivity contribution in [3.63, 3.8) is 0 Å². The molecule has 0 heterocycles. The van der Waals surface area contributed by atoms with Crippen molar-refractivity contribution in [2.45, 2.75) is 47.5 Å². The van der Waals surface area contributed by atoms with Crippen molar-refractivity contribution in [1.82, 2.24) is 0 Å². The Morgan fingerprint density at radius 2 is 1.70 bits per heavy atom. The van der Waals surface area contributed by atoms with Gasteiger partial charge in [0.25, 0.3) is 0 Å². The number of anilines is 1. The number of benzene rings is 2. The highest BCUT2D eigenvalue weighted by molar-refractivity contribution is 5.94. The summed E-state index contributed by atoms with van der Waals surface area (Å²) in [7, 11) is 0. The normalized spacial score (nSPS) is 11.2. The summed E-state index contributed by atoms with van der Waals surface area (Å²) in [6.07, 6.45) is 1.54. The maximum Gasteiger partial charge on any atom is 0.230 e. The molecule has 2 aromatic carbocycles. The Kier molecular flexibility index (Phi) is 9.18. The van der Waals surface area contributed by atoms with Gasteiger partial charge >= 0.3 is 0 Å². The van der Waals surface area contributed by atoms with Crippen LogP contribution in [0, 0.1) is 19.3 Å². The predicted octanol–water partition coefficient (Wildman–Crippen LogP) is 5.54. The SMILES string of the molecule is CCOCCOc1ccc(NC(=O)C(C)(C)CCCOc2cc(C)ccc2C)cc1. The van der Waals surface area contributed by atoms with Gasteiger partial charge in [-0.3, -0.25) is 4.79 Å². The Labute approximate surface area is 180 Å². The van der Waals surface area contributed by atoms with Gasteiger partial charge in [-0.05, 0) is 75.1 Å². The first-order valence-electron chi connectivity index (χ1n) is 10.6. The number of hydrogen-bond donors (Lipinski definition) is 1. The molecule has 2 rings (SSSR count). The van der Waals surface area contributed by atoms with Gasteiger partial charge in [0, 0.05) is 17.7 Å². The Hall–Kier alpha value is -2.53. The molecular weight excluding hydrogens is 378 g/mol. The molecule has 5 heteroatoms. The van der Waals surface area contributed by atoms with Gasteiger partial charge in [-0.15, -0.1) is 0 Å². The summed E-state index contributed by atoms with van der Waals surface area (Å²) in [5.41, 5.74) is 2.58. The summed E-state index contributed by atoms with van der Waals surface area (Å²) < 4.78 is 16.8. The molecule has 30 heavy (non-hydrogen) atoms. The lowest BCUT2D eigenvalue weighted by molar-refractivity contribution is -0.124. The molecule has 0 atom stereocenters. The number of ether oxygens (including phenoxy) is 3. The third-order valence-electron chi connectivity index (χ3n) is 4.97. The van der Waals surface area contributed by atoms with Crippen molar-refractivity contribution in [3.05, 3.63) is 53.6 Å². The van der Waals surface area contributed by atoms with E-state index in [9.17, 15) is 4.79 Å². The molecule has 0 aromatic heterocycles.